The van der Waals surface area contributed by atoms with Crippen LogP contribution in [0.2, 0.25) is 0 Å². The minimum Gasteiger partial charge on any atom is -0.393 e. The van der Waals surface area contributed by atoms with Gasteiger partial charge in [-0.3, -0.25) is 0 Å². The van der Waals surface area contributed by atoms with Crippen LogP contribution in [0.3, 0.4) is 0 Å². The van der Waals surface area contributed by atoms with Crippen LogP contribution in [0.4, 0.5) is 0 Å². The zero-order chi connectivity index (χ0) is 6.85. The Bertz CT molecular complexity index is 90.6. The molecule has 0 heterocycles. The summed E-state index contributed by atoms with van der Waals surface area (Å²) in [6, 6.07) is 0. The maximum Gasteiger partial charge on any atom is 0.0545 e. The van der Waals surface area contributed by atoms with E-state index in [4.69, 9.17) is 0 Å². The number of aliphatic hydroxyl groups excluding tert-OH is 1. The minimum absolute atomic E-state index is 0.00458. The van der Waals surface area contributed by atoms with Crippen LogP contribution in [0.15, 0.2) is 0 Å². The molecule has 9 heavy (non-hydrogen) atoms. The highest BCUT2D eigenvalue weighted by atomic mass is 16.3. The van der Waals surface area contributed by atoms with E-state index in [0.29, 0.717) is 0 Å². The highest BCUT2D eigenvalue weighted by Crippen LogP contribution is 2.33. The average Bonchev–Trinajstić information content (AvgIpc) is 2.10. The number of hydrogen-bond acceptors (Lipinski definition) is 1. The largest absolute Gasteiger partial charge is 0.393 e. The summed E-state index contributed by atoms with van der Waals surface area (Å²) in [6.45, 7) is 4.45. The second kappa shape index (κ2) is 2.70. The second-order valence-electron chi connectivity index (χ2n) is 3.27. The van der Waals surface area contributed by atoms with E-state index >= 15 is 0 Å². The van der Waals surface area contributed by atoms with Gasteiger partial charge < -0.3 is 5.11 Å². The summed E-state index contributed by atoms with van der Waals surface area (Å²) in [6.07, 6.45) is 3.30. The maximum absolute atomic E-state index is 9.20. The van der Waals surface area contributed by atoms with Crippen molar-refractivity contribution in [2.45, 2.75) is 39.2 Å². The number of hydrogen-bond donors (Lipinski definition) is 1. The summed E-state index contributed by atoms with van der Waals surface area (Å²) < 4.78 is 0. The monoisotopic (exact) mass is 128 g/mol. The molecule has 0 aromatic carbocycles. The third-order valence-corrected chi connectivity index (χ3v) is 2.55. The molecule has 0 unspecified atom stereocenters. The van der Waals surface area contributed by atoms with Gasteiger partial charge in [-0.15, -0.1) is 0 Å². The summed E-state index contributed by atoms with van der Waals surface area (Å²) in [5, 5.41) is 9.20. The molecule has 54 valence electrons. The fourth-order valence-corrected chi connectivity index (χ4v) is 1.87. The Morgan fingerprint density at radius 3 is 2.33 bits per heavy atom. The second-order valence-corrected chi connectivity index (χ2v) is 3.27. The van der Waals surface area contributed by atoms with Gasteiger partial charge in [0.25, 0.3) is 0 Å². The number of rotatable bonds is 1. The van der Waals surface area contributed by atoms with Crippen LogP contribution in [-0.2, 0) is 0 Å². The van der Waals surface area contributed by atoms with Crippen molar-refractivity contribution in [2.75, 3.05) is 0 Å². The molecule has 0 aromatic heterocycles. The molecular weight excluding hydrogens is 112 g/mol. The molecule has 1 fully saturated rings. The maximum atomic E-state index is 9.20. The van der Waals surface area contributed by atoms with Gasteiger partial charge in [0.2, 0.25) is 0 Å². The molecular formula is C8H16O. The molecule has 0 radical (unpaired) electrons. The van der Waals surface area contributed by atoms with Crippen molar-refractivity contribution < 1.29 is 5.11 Å². The lowest BCUT2D eigenvalue weighted by Crippen LogP contribution is -2.00. The first kappa shape index (κ1) is 7.07. The molecule has 1 rings (SSSR count). The lowest BCUT2D eigenvalue weighted by atomic mass is 9.96. The van der Waals surface area contributed by atoms with Gasteiger partial charge in [0.05, 0.1) is 6.10 Å². The highest BCUT2D eigenvalue weighted by molar-refractivity contribution is 4.79. The fraction of sp³-hybridized carbons (Fsp3) is 1.00. The topological polar surface area (TPSA) is 20.2 Å². The van der Waals surface area contributed by atoms with Crippen molar-refractivity contribution in [1.29, 1.82) is 0 Å². The minimum atomic E-state index is 0.00458. The van der Waals surface area contributed by atoms with Crippen molar-refractivity contribution in [3.63, 3.8) is 0 Å². The standard InChI is InChI=1S/C8H16O/c1-3-7-5-8(9)4-6(7)2/h6-9H,3-5H2,1-2H3/t6-,7+,8-/m0/s1. The van der Waals surface area contributed by atoms with Crippen LogP contribution in [0, 0.1) is 11.8 Å². The lowest BCUT2D eigenvalue weighted by Gasteiger charge is -2.09. The molecule has 1 saturated carbocycles. The lowest BCUT2D eigenvalue weighted by molar-refractivity contribution is 0.175. The van der Waals surface area contributed by atoms with Gasteiger partial charge in [-0.2, -0.15) is 0 Å². The van der Waals surface area contributed by atoms with E-state index in [1.165, 1.54) is 6.42 Å². The van der Waals surface area contributed by atoms with Crippen molar-refractivity contribution in [2.24, 2.45) is 11.8 Å². The van der Waals surface area contributed by atoms with Gasteiger partial charge in [0.1, 0.15) is 0 Å². The molecule has 0 saturated heterocycles. The van der Waals surface area contributed by atoms with Gasteiger partial charge in [-0.25, -0.2) is 0 Å². The van der Waals surface area contributed by atoms with Crippen molar-refractivity contribution >= 4 is 0 Å². The Labute approximate surface area is 57.1 Å². The van der Waals surface area contributed by atoms with Gasteiger partial charge in [-0.1, -0.05) is 20.3 Å². The Hall–Kier alpha value is -0.0400. The van der Waals surface area contributed by atoms with Crippen LogP contribution >= 0.6 is 0 Å². The van der Waals surface area contributed by atoms with Gasteiger partial charge in [-0.05, 0) is 24.7 Å². The summed E-state index contributed by atoms with van der Waals surface area (Å²) in [5.41, 5.74) is 0. The zero-order valence-electron chi connectivity index (χ0n) is 6.30. The first-order valence-electron chi connectivity index (χ1n) is 3.92. The molecule has 1 aliphatic carbocycles. The first-order chi connectivity index (χ1) is 4.24. The summed E-state index contributed by atoms with van der Waals surface area (Å²) in [7, 11) is 0. The number of aliphatic hydroxyl groups is 1. The normalized spacial score (nSPS) is 43.7. The fourth-order valence-electron chi connectivity index (χ4n) is 1.87. The van der Waals surface area contributed by atoms with E-state index in [-0.39, 0.29) is 6.10 Å². The smallest absolute Gasteiger partial charge is 0.0545 e. The molecule has 0 amide bonds. The van der Waals surface area contributed by atoms with Crippen LogP contribution in [0.1, 0.15) is 33.1 Å². The van der Waals surface area contributed by atoms with Crippen LogP contribution in [0.25, 0.3) is 0 Å². The Kier molecular flexibility index (Phi) is 2.12. The average molecular weight is 128 g/mol. The van der Waals surface area contributed by atoms with Gasteiger partial charge in [0.15, 0.2) is 0 Å². The molecule has 0 aliphatic heterocycles. The van der Waals surface area contributed by atoms with E-state index in [1.807, 2.05) is 0 Å². The third-order valence-electron chi connectivity index (χ3n) is 2.55. The van der Waals surface area contributed by atoms with Crippen LogP contribution < -0.4 is 0 Å². The molecule has 0 spiro atoms. The van der Waals surface area contributed by atoms with Crippen LogP contribution in [0.5, 0.6) is 0 Å². The molecule has 0 bridgehead atoms. The van der Waals surface area contributed by atoms with Crippen molar-refractivity contribution in [3.8, 4) is 0 Å². The highest BCUT2D eigenvalue weighted by Gasteiger charge is 2.27. The summed E-state index contributed by atoms with van der Waals surface area (Å²) in [4.78, 5) is 0. The molecule has 0 aromatic rings. The first-order valence-corrected chi connectivity index (χ1v) is 3.92. The van der Waals surface area contributed by atoms with E-state index in [2.05, 4.69) is 13.8 Å². The van der Waals surface area contributed by atoms with E-state index < -0.39 is 0 Å². The third kappa shape index (κ3) is 1.45. The van der Waals surface area contributed by atoms with Crippen molar-refractivity contribution in [1.82, 2.24) is 0 Å². The molecule has 1 aliphatic rings. The predicted molar refractivity (Wildman–Crippen MR) is 38.2 cm³/mol. The van der Waals surface area contributed by atoms with Crippen LogP contribution in [-0.4, -0.2) is 11.2 Å². The van der Waals surface area contributed by atoms with E-state index in [1.54, 1.807) is 0 Å². The molecule has 1 N–H and O–H groups in total. The Morgan fingerprint density at radius 1 is 1.44 bits per heavy atom. The Morgan fingerprint density at radius 2 is 2.11 bits per heavy atom. The molecule has 1 heteroatoms. The molecule has 1 nitrogen and oxygen atoms in total. The quantitative estimate of drug-likeness (QED) is 0.571. The van der Waals surface area contributed by atoms with Crippen molar-refractivity contribution in [3.05, 3.63) is 0 Å². The van der Waals surface area contributed by atoms with E-state index in [9.17, 15) is 5.11 Å². The summed E-state index contributed by atoms with van der Waals surface area (Å²) >= 11 is 0. The SMILES string of the molecule is CC[C@@H]1C[C@@H](O)C[C@@H]1C. The van der Waals surface area contributed by atoms with Gasteiger partial charge in [0, 0.05) is 0 Å². The zero-order valence-corrected chi connectivity index (χ0v) is 6.30. The predicted octanol–water partition coefficient (Wildman–Crippen LogP) is 1.80. The van der Waals surface area contributed by atoms with Gasteiger partial charge >= 0.3 is 0 Å². The Balaban J connectivity index is 2.38. The summed E-state index contributed by atoms with van der Waals surface area (Å²) in [5.74, 6) is 1.55. The molecule has 3 atom stereocenters. The van der Waals surface area contributed by atoms with E-state index in [0.717, 1.165) is 24.7 Å².